The van der Waals surface area contributed by atoms with E-state index in [1.54, 1.807) is 62.4 Å². The van der Waals surface area contributed by atoms with Crippen molar-refractivity contribution in [2.45, 2.75) is 13.8 Å². The van der Waals surface area contributed by atoms with Crippen LogP contribution in [0, 0.1) is 5.82 Å². The third-order valence-electron chi connectivity index (χ3n) is 6.23. The quantitative estimate of drug-likeness (QED) is 0.0825. The van der Waals surface area contributed by atoms with E-state index in [1.807, 2.05) is 72.8 Å². The molecule has 43 heavy (non-hydrogen) atoms. The molecule has 0 aromatic heterocycles. The predicted octanol–water partition coefficient (Wildman–Crippen LogP) is 9.30. The van der Waals surface area contributed by atoms with Gasteiger partial charge in [0.05, 0.1) is 0 Å². The second-order valence-corrected chi connectivity index (χ2v) is 9.90. The molecule has 4 nitrogen and oxygen atoms in total. The fourth-order valence-corrected chi connectivity index (χ4v) is 3.84. The summed E-state index contributed by atoms with van der Waals surface area (Å²) in [5.41, 5.74) is 5.27. The molecule has 5 heteroatoms. The molecule has 0 saturated carbocycles. The molecular formula is C38H31FO4. The van der Waals surface area contributed by atoms with Gasteiger partial charge in [0.25, 0.3) is 0 Å². The van der Waals surface area contributed by atoms with Crippen LogP contribution in [0.1, 0.15) is 47.2 Å². The Hall–Kier alpha value is -5.55. The van der Waals surface area contributed by atoms with Crippen molar-refractivity contribution < 1.29 is 23.5 Å². The maximum Gasteiger partial charge on any atom is 0.338 e. The highest BCUT2D eigenvalue weighted by molar-refractivity contribution is 5.90. The van der Waals surface area contributed by atoms with Gasteiger partial charge in [-0.1, -0.05) is 116 Å². The lowest BCUT2D eigenvalue weighted by molar-refractivity contribution is -0.130. The Bertz CT molecular complexity index is 1760. The van der Waals surface area contributed by atoms with Crippen molar-refractivity contribution in [2.24, 2.45) is 0 Å². The minimum atomic E-state index is -0.500. The lowest BCUT2D eigenvalue weighted by Gasteiger charge is -2.07. The second-order valence-electron chi connectivity index (χ2n) is 9.90. The van der Waals surface area contributed by atoms with Crippen LogP contribution in [0.4, 0.5) is 4.39 Å². The van der Waals surface area contributed by atoms with E-state index in [0.29, 0.717) is 39.3 Å². The maximum absolute atomic E-state index is 14.9. The molecule has 0 bridgehead atoms. The number of halogens is 1. The van der Waals surface area contributed by atoms with E-state index in [1.165, 1.54) is 6.07 Å². The lowest BCUT2D eigenvalue weighted by Crippen LogP contribution is -2.08. The van der Waals surface area contributed by atoms with E-state index in [0.717, 1.165) is 16.7 Å². The Morgan fingerprint density at radius 3 is 1.79 bits per heavy atom. The largest absolute Gasteiger partial charge is 0.423 e. The van der Waals surface area contributed by atoms with Gasteiger partial charge < -0.3 is 9.47 Å². The van der Waals surface area contributed by atoms with Crippen LogP contribution in [0.25, 0.3) is 36.5 Å². The summed E-state index contributed by atoms with van der Waals surface area (Å²) in [4.78, 5) is 23.7. The summed E-state index contributed by atoms with van der Waals surface area (Å²) in [7, 11) is 0. The summed E-state index contributed by atoms with van der Waals surface area (Å²) < 4.78 is 25.5. The maximum atomic E-state index is 14.9. The first-order chi connectivity index (χ1) is 20.7. The highest BCUT2D eigenvalue weighted by Crippen LogP contribution is 2.23. The number of benzene rings is 4. The predicted molar refractivity (Wildman–Crippen MR) is 173 cm³/mol. The number of hydrogen-bond donors (Lipinski definition) is 0. The number of rotatable bonds is 10. The van der Waals surface area contributed by atoms with Gasteiger partial charge in [-0.3, -0.25) is 0 Å². The van der Waals surface area contributed by atoms with Crippen molar-refractivity contribution in [3.63, 3.8) is 0 Å². The van der Waals surface area contributed by atoms with Crippen LogP contribution in [0.3, 0.4) is 0 Å². The monoisotopic (exact) mass is 570 g/mol. The Morgan fingerprint density at radius 1 is 0.581 bits per heavy atom. The first-order valence-electron chi connectivity index (χ1n) is 13.6. The van der Waals surface area contributed by atoms with Crippen LogP contribution in [0.15, 0.2) is 115 Å². The average molecular weight is 571 g/mol. The number of para-hydroxylation sites is 1. The number of carbonyl (C=O) groups is 2. The SMILES string of the molecule is C=C(C)C(=O)Oc1cccc(C=Cc2ccc(C=Cc3ccc(C=Cc4ccccc4OC(=O)C(=C)C)cc3F)cc2)c1. The Kier molecular flexibility index (Phi) is 10.2. The van der Waals surface area contributed by atoms with Crippen LogP contribution in [0.2, 0.25) is 0 Å². The zero-order valence-electron chi connectivity index (χ0n) is 24.0. The minimum Gasteiger partial charge on any atom is -0.423 e. The van der Waals surface area contributed by atoms with Crippen molar-refractivity contribution in [3.05, 3.63) is 154 Å². The molecule has 0 atom stereocenters. The van der Waals surface area contributed by atoms with E-state index in [-0.39, 0.29) is 5.82 Å². The molecule has 0 fully saturated rings. The van der Waals surface area contributed by atoms with Crippen molar-refractivity contribution in [1.29, 1.82) is 0 Å². The van der Waals surface area contributed by atoms with Gasteiger partial charge in [-0.2, -0.15) is 0 Å². The van der Waals surface area contributed by atoms with E-state index in [2.05, 4.69) is 13.2 Å². The first-order valence-corrected chi connectivity index (χ1v) is 13.6. The molecule has 214 valence electrons. The molecule has 0 aliphatic heterocycles. The van der Waals surface area contributed by atoms with Gasteiger partial charge in [-0.15, -0.1) is 0 Å². The average Bonchev–Trinajstić information content (AvgIpc) is 2.99. The van der Waals surface area contributed by atoms with Crippen LogP contribution in [-0.2, 0) is 9.59 Å². The third-order valence-corrected chi connectivity index (χ3v) is 6.23. The minimum absolute atomic E-state index is 0.306. The van der Waals surface area contributed by atoms with E-state index in [4.69, 9.17) is 9.47 Å². The molecule has 0 spiro atoms. The van der Waals surface area contributed by atoms with Gasteiger partial charge in [0.1, 0.15) is 17.3 Å². The van der Waals surface area contributed by atoms with Crippen molar-refractivity contribution in [2.75, 3.05) is 0 Å². The Morgan fingerprint density at radius 2 is 1.12 bits per heavy atom. The van der Waals surface area contributed by atoms with Crippen molar-refractivity contribution >= 4 is 48.4 Å². The van der Waals surface area contributed by atoms with Crippen molar-refractivity contribution in [3.8, 4) is 11.5 Å². The molecule has 4 aromatic rings. The highest BCUT2D eigenvalue weighted by Gasteiger charge is 2.08. The fourth-order valence-electron chi connectivity index (χ4n) is 3.84. The zero-order valence-corrected chi connectivity index (χ0v) is 24.0. The van der Waals surface area contributed by atoms with Gasteiger partial charge in [-0.25, -0.2) is 14.0 Å². The third kappa shape index (κ3) is 8.97. The first kappa shape index (κ1) is 30.4. The standard InChI is InChI=1S/C38H31FO4/c1-26(2)37(40)42-34-10-7-8-30(24-34)17-16-28-12-14-29(15-13-28)18-21-32-22-19-31(25-35(32)39)20-23-33-9-5-6-11-36(33)43-38(41)27(3)4/h5-25H,1,3H2,2,4H3. The fraction of sp³-hybridized carbons (Fsp3) is 0.0526. The molecule has 0 unspecified atom stereocenters. The summed E-state index contributed by atoms with van der Waals surface area (Å²) in [6.45, 7) is 10.4. The molecular weight excluding hydrogens is 539 g/mol. The summed E-state index contributed by atoms with van der Waals surface area (Å²) >= 11 is 0. The van der Waals surface area contributed by atoms with Gasteiger partial charge >= 0.3 is 11.9 Å². The smallest absolute Gasteiger partial charge is 0.338 e. The Balaban J connectivity index is 1.39. The number of carbonyl (C=O) groups excluding carboxylic acids is 2. The topological polar surface area (TPSA) is 52.6 Å². The van der Waals surface area contributed by atoms with Gasteiger partial charge in [0, 0.05) is 22.3 Å². The van der Waals surface area contributed by atoms with Gasteiger partial charge in [0.15, 0.2) is 0 Å². The molecule has 4 rings (SSSR count). The molecule has 0 amide bonds. The molecule has 0 aliphatic carbocycles. The summed E-state index contributed by atoms with van der Waals surface area (Å²) in [6, 6.07) is 27.2. The van der Waals surface area contributed by atoms with Gasteiger partial charge in [0.2, 0.25) is 0 Å². The van der Waals surface area contributed by atoms with Crippen LogP contribution >= 0.6 is 0 Å². The molecule has 0 N–H and O–H groups in total. The van der Waals surface area contributed by atoms with Gasteiger partial charge in [-0.05, 0) is 60.4 Å². The second kappa shape index (κ2) is 14.4. The molecule has 0 radical (unpaired) electrons. The summed E-state index contributed by atoms with van der Waals surface area (Å²) in [5.74, 6) is -0.446. The zero-order chi connectivity index (χ0) is 30.8. The van der Waals surface area contributed by atoms with Crippen LogP contribution in [-0.4, -0.2) is 11.9 Å². The van der Waals surface area contributed by atoms with Crippen LogP contribution < -0.4 is 9.47 Å². The molecule has 0 saturated heterocycles. The lowest BCUT2D eigenvalue weighted by atomic mass is 10.1. The van der Waals surface area contributed by atoms with E-state index >= 15 is 0 Å². The summed E-state index contributed by atoms with van der Waals surface area (Å²) in [5, 5.41) is 0. The van der Waals surface area contributed by atoms with E-state index < -0.39 is 11.9 Å². The number of hydrogen-bond acceptors (Lipinski definition) is 4. The van der Waals surface area contributed by atoms with Crippen LogP contribution in [0.5, 0.6) is 11.5 Å². The van der Waals surface area contributed by atoms with E-state index in [9.17, 15) is 14.0 Å². The molecule has 0 aliphatic rings. The molecule has 0 heterocycles. The number of esters is 2. The Labute approximate surface area is 251 Å². The number of ether oxygens (including phenoxy) is 2. The van der Waals surface area contributed by atoms with Crippen molar-refractivity contribution in [1.82, 2.24) is 0 Å². The highest BCUT2D eigenvalue weighted by atomic mass is 19.1. The summed E-state index contributed by atoms with van der Waals surface area (Å²) in [6.07, 6.45) is 11.0. The normalized spacial score (nSPS) is 11.2. The molecule has 4 aromatic carbocycles.